The van der Waals surface area contributed by atoms with Crippen LogP contribution in [0.15, 0.2) is 46.1 Å². The van der Waals surface area contributed by atoms with E-state index >= 15 is 0 Å². The molecule has 0 saturated heterocycles. The Kier molecular flexibility index (Phi) is 5.74. The van der Waals surface area contributed by atoms with E-state index in [1.165, 1.54) is 25.4 Å². The van der Waals surface area contributed by atoms with Crippen LogP contribution in [0.5, 0.6) is 0 Å². The molecule has 36 heavy (non-hydrogen) atoms. The van der Waals surface area contributed by atoms with E-state index in [1.807, 2.05) is 4.90 Å². The highest BCUT2D eigenvalue weighted by Gasteiger charge is 2.34. The lowest BCUT2D eigenvalue weighted by Crippen LogP contribution is -2.34. The van der Waals surface area contributed by atoms with E-state index < -0.39 is 29.2 Å². The fraction of sp³-hybridized carbons (Fsp3) is 0.174. The van der Waals surface area contributed by atoms with Gasteiger partial charge in [-0.25, -0.2) is 9.37 Å². The molecule has 184 valence electrons. The number of nitrogens with zero attached hydrogens (tertiary/aromatic N) is 6. The average molecular weight is 562 g/mol. The number of rotatable bonds is 3. The third kappa shape index (κ3) is 4.08. The lowest BCUT2D eigenvalue weighted by Gasteiger charge is -2.28. The molecule has 2 aliphatic rings. The average Bonchev–Trinajstić information content (AvgIpc) is 3.35. The van der Waals surface area contributed by atoms with E-state index in [2.05, 4.69) is 35.9 Å². The van der Waals surface area contributed by atoms with E-state index in [1.54, 1.807) is 6.08 Å². The van der Waals surface area contributed by atoms with Gasteiger partial charge in [0.25, 0.3) is 5.91 Å². The van der Waals surface area contributed by atoms with Crippen molar-refractivity contribution in [3.8, 4) is 0 Å². The standard InChI is InChI=1S/C23H16BrF4N7O/c1-34(21(36)18-7-12(2-3-30-18)23(26,27)28)22-32-10-11-6-14(13-8-17(29)16(25)9-15(13)24)20-31-4-5-35(20)19(11)33-22/h2-3,6-10H,4-5,29H2,1H3. The van der Waals surface area contributed by atoms with Crippen LogP contribution in [0.1, 0.15) is 27.2 Å². The van der Waals surface area contributed by atoms with Crippen LogP contribution in [0.4, 0.5) is 35.0 Å². The Balaban J connectivity index is 1.52. The van der Waals surface area contributed by atoms with Gasteiger partial charge in [-0.1, -0.05) is 15.9 Å². The molecule has 1 aromatic carbocycles. The topological polar surface area (TPSA) is 101 Å². The fourth-order valence-electron chi connectivity index (χ4n) is 3.91. The molecule has 2 aromatic heterocycles. The van der Waals surface area contributed by atoms with Gasteiger partial charge in [0.1, 0.15) is 23.2 Å². The quantitative estimate of drug-likeness (QED) is 0.375. The minimum Gasteiger partial charge on any atom is -0.396 e. The Labute approximate surface area is 210 Å². The molecule has 0 atom stereocenters. The van der Waals surface area contributed by atoms with E-state index in [0.29, 0.717) is 52.0 Å². The Morgan fingerprint density at radius 1 is 1.22 bits per heavy atom. The third-order valence-corrected chi connectivity index (χ3v) is 6.36. The van der Waals surface area contributed by atoms with Crippen molar-refractivity contribution in [2.75, 3.05) is 35.7 Å². The molecule has 0 saturated carbocycles. The first kappa shape index (κ1) is 23.9. The number of anilines is 3. The fourth-order valence-corrected chi connectivity index (χ4v) is 4.44. The van der Waals surface area contributed by atoms with E-state index in [4.69, 9.17) is 5.73 Å². The minimum atomic E-state index is -4.61. The number of hydrogen-bond donors (Lipinski definition) is 1. The van der Waals surface area contributed by atoms with Gasteiger partial charge in [0.15, 0.2) is 0 Å². The van der Waals surface area contributed by atoms with Gasteiger partial charge in [-0.05, 0) is 30.3 Å². The zero-order chi connectivity index (χ0) is 25.8. The maximum Gasteiger partial charge on any atom is 0.416 e. The number of amidine groups is 1. The molecule has 0 bridgehead atoms. The second-order valence-corrected chi connectivity index (χ2v) is 8.86. The summed E-state index contributed by atoms with van der Waals surface area (Å²) in [5.74, 6) is -0.304. The molecule has 13 heteroatoms. The van der Waals surface area contributed by atoms with E-state index in [-0.39, 0.29) is 11.6 Å². The van der Waals surface area contributed by atoms with Crippen LogP contribution in [0.3, 0.4) is 0 Å². The summed E-state index contributed by atoms with van der Waals surface area (Å²) in [6.07, 6.45) is -0.403. The first-order chi connectivity index (χ1) is 17.0. The molecule has 0 unspecified atom stereocenters. The number of aromatic nitrogens is 3. The summed E-state index contributed by atoms with van der Waals surface area (Å²) in [4.78, 5) is 32.8. The smallest absolute Gasteiger partial charge is 0.396 e. The normalized spacial score (nSPS) is 14.7. The summed E-state index contributed by atoms with van der Waals surface area (Å²) in [5.41, 5.74) is 6.33. The van der Waals surface area contributed by atoms with Gasteiger partial charge >= 0.3 is 6.18 Å². The van der Waals surface area contributed by atoms with Crippen LogP contribution in [-0.2, 0) is 6.18 Å². The van der Waals surface area contributed by atoms with Crippen LogP contribution >= 0.6 is 15.9 Å². The molecular weight excluding hydrogens is 546 g/mol. The van der Waals surface area contributed by atoms with Crippen molar-refractivity contribution in [2.45, 2.75) is 6.18 Å². The van der Waals surface area contributed by atoms with Gasteiger partial charge in [-0.3, -0.25) is 19.7 Å². The highest BCUT2D eigenvalue weighted by Crippen LogP contribution is 2.39. The molecule has 2 aliphatic heterocycles. The number of halogens is 5. The molecule has 3 aromatic rings. The highest BCUT2D eigenvalue weighted by atomic mass is 79.9. The van der Waals surface area contributed by atoms with Gasteiger partial charge in [0, 0.05) is 47.2 Å². The molecule has 5 rings (SSSR count). The molecule has 0 fully saturated rings. The van der Waals surface area contributed by atoms with Gasteiger partial charge in [0.05, 0.1) is 17.8 Å². The molecule has 0 aliphatic carbocycles. The largest absolute Gasteiger partial charge is 0.416 e. The number of alkyl halides is 3. The molecule has 4 heterocycles. The summed E-state index contributed by atoms with van der Waals surface area (Å²) < 4.78 is 53.6. The highest BCUT2D eigenvalue weighted by molar-refractivity contribution is 9.10. The van der Waals surface area contributed by atoms with Crippen LogP contribution in [0.2, 0.25) is 0 Å². The Hall–Kier alpha value is -3.87. The summed E-state index contributed by atoms with van der Waals surface area (Å²) in [6.45, 7) is 0.972. The number of benzene rings is 1. The maximum atomic E-state index is 13.9. The van der Waals surface area contributed by atoms with Crippen molar-refractivity contribution >= 4 is 56.8 Å². The molecule has 0 spiro atoms. The van der Waals surface area contributed by atoms with Gasteiger partial charge in [0.2, 0.25) is 5.95 Å². The number of amides is 1. The zero-order valence-electron chi connectivity index (χ0n) is 18.5. The maximum absolute atomic E-state index is 13.9. The Morgan fingerprint density at radius 3 is 2.75 bits per heavy atom. The number of fused-ring (bicyclic) bond motifs is 3. The number of nitrogens with two attached hydrogens (primary N) is 1. The second kappa shape index (κ2) is 8.66. The second-order valence-electron chi connectivity index (χ2n) is 8.01. The number of pyridine rings is 1. The summed E-state index contributed by atoms with van der Waals surface area (Å²) in [5, 5.41) is 0. The molecule has 1 amide bonds. The predicted octanol–water partition coefficient (Wildman–Crippen LogP) is 4.42. The molecule has 2 N–H and O–H groups in total. The summed E-state index contributed by atoms with van der Waals surface area (Å²) >= 11 is 3.38. The number of hydrogen-bond acceptors (Lipinski definition) is 7. The van der Waals surface area contributed by atoms with Crippen LogP contribution in [0, 0.1) is 5.82 Å². The van der Waals surface area contributed by atoms with E-state index in [0.717, 1.165) is 17.2 Å². The van der Waals surface area contributed by atoms with Gasteiger partial charge in [-0.15, -0.1) is 0 Å². The number of nitrogen functional groups attached to an aromatic ring is 1. The van der Waals surface area contributed by atoms with Gasteiger partial charge in [-0.2, -0.15) is 18.2 Å². The predicted molar refractivity (Wildman–Crippen MR) is 130 cm³/mol. The summed E-state index contributed by atoms with van der Waals surface area (Å²) in [7, 11) is 1.35. The van der Waals surface area contributed by atoms with Crippen molar-refractivity contribution < 1.29 is 22.4 Å². The number of carbonyl (C=O) groups excluding carboxylic acids is 1. The zero-order valence-corrected chi connectivity index (χ0v) is 20.1. The monoisotopic (exact) mass is 561 g/mol. The Morgan fingerprint density at radius 2 is 2.00 bits per heavy atom. The van der Waals surface area contributed by atoms with Crippen molar-refractivity contribution in [1.82, 2.24) is 15.0 Å². The van der Waals surface area contributed by atoms with Crippen molar-refractivity contribution in [3.63, 3.8) is 0 Å². The number of carbonyl (C=O) groups is 1. The van der Waals surface area contributed by atoms with Crippen LogP contribution in [0.25, 0.3) is 11.6 Å². The third-order valence-electron chi connectivity index (χ3n) is 5.71. The van der Waals surface area contributed by atoms with Crippen molar-refractivity contribution in [3.05, 3.63) is 69.3 Å². The molecular formula is C23H16BrF4N7O. The SMILES string of the molecule is CN(C(=O)c1cc(C(F)(F)F)ccn1)c1ncc2c(n1)N1CCN=C1C(c1cc(N)c(F)cc1Br)=C2. The number of aliphatic imine (C=N–C) groups is 1. The minimum absolute atomic E-state index is 0.0139. The lowest BCUT2D eigenvalue weighted by atomic mass is 9.98. The van der Waals surface area contributed by atoms with Crippen molar-refractivity contribution in [1.29, 1.82) is 0 Å². The first-order valence-corrected chi connectivity index (χ1v) is 11.3. The summed E-state index contributed by atoms with van der Waals surface area (Å²) in [6, 6.07) is 4.27. The first-order valence-electron chi connectivity index (χ1n) is 10.5. The van der Waals surface area contributed by atoms with Crippen molar-refractivity contribution in [2.24, 2.45) is 4.99 Å². The molecule has 8 nitrogen and oxygen atoms in total. The lowest BCUT2D eigenvalue weighted by molar-refractivity contribution is -0.137. The van der Waals surface area contributed by atoms with E-state index in [9.17, 15) is 22.4 Å². The van der Waals surface area contributed by atoms with Gasteiger partial charge < -0.3 is 10.6 Å². The van der Waals surface area contributed by atoms with Crippen LogP contribution in [-0.4, -0.2) is 46.8 Å². The molecule has 0 radical (unpaired) electrons. The Bertz CT molecular complexity index is 1470. The van der Waals surface area contributed by atoms with Crippen LogP contribution < -0.4 is 15.5 Å².